The number of non-ortho nitro benzene ring substituents is 2. The molecule has 10 nitrogen and oxygen atoms in total. The zero-order valence-electron chi connectivity index (χ0n) is 14.4. The molecule has 142 valence electrons. The maximum atomic E-state index is 12.2. The Morgan fingerprint density at radius 2 is 1.48 bits per heavy atom. The summed E-state index contributed by atoms with van der Waals surface area (Å²) in [6.07, 6.45) is 1.25. The number of anilines is 1. The van der Waals surface area contributed by atoms with E-state index in [9.17, 15) is 28.6 Å². The van der Waals surface area contributed by atoms with Gasteiger partial charge in [0, 0.05) is 29.8 Å². The third kappa shape index (κ3) is 4.44. The fourth-order valence-corrected chi connectivity index (χ4v) is 3.28. The first-order valence-corrected chi connectivity index (χ1v) is 9.28. The summed E-state index contributed by atoms with van der Waals surface area (Å²) in [6.45, 7) is 4.25. The second-order valence-corrected chi connectivity index (χ2v) is 7.06. The minimum Gasteiger partial charge on any atom is -0.338 e. The first-order valence-electron chi connectivity index (χ1n) is 7.84. The van der Waals surface area contributed by atoms with E-state index < -0.39 is 19.9 Å². The van der Waals surface area contributed by atoms with Crippen LogP contribution in [0.2, 0.25) is 0 Å². The van der Waals surface area contributed by atoms with Crippen LogP contribution in [0.25, 0.3) is 0 Å². The van der Waals surface area contributed by atoms with Gasteiger partial charge >= 0.3 is 0 Å². The van der Waals surface area contributed by atoms with E-state index in [1.54, 1.807) is 0 Å². The van der Waals surface area contributed by atoms with Crippen LogP contribution in [0, 0.1) is 20.2 Å². The van der Waals surface area contributed by atoms with Gasteiger partial charge in [-0.25, -0.2) is 0 Å². The maximum absolute atomic E-state index is 12.2. The summed E-state index contributed by atoms with van der Waals surface area (Å²) >= 11 is 0. The van der Waals surface area contributed by atoms with Gasteiger partial charge in [-0.3, -0.25) is 20.2 Å². The van der Waals surface area contributed by atoms with Crippen LogP contribution >= 0.6 is 0 Å². The van der Waals surface area contributed by atoms with Crippen LogP contribution in [0.15, 0.2) is 51.8 Å². The van der Waals surface area contributed by atoms with Crippen molar-refractivity contribution < 1.29 is 18.3 Å². The number of nitro groups is 2. The number of nitrogens with zero attached hydrogens (tertiary/aromatic N) is 3. The van der Waals surface area contributed by atoms with E-state index in [0.717, 1.165) is 6.07 Å². The number of fused-ring (bicyclic) bond motifs is 1. The highest BCUT2D eigenvalue weighted by molar-refractivity contribution is 7.90. The molecule has 0 aliphatic carbocycles. The molecule has 0 radical (unpaired) electrons. The molecule has 2 aromatic rings. The van der Waals surface area contributed by atoms with Crippen molar-refractivity contribution in [3.05, 3.63) is 68.3 Å². The summed E-state index contributed by atoms with van der Waals surface area (Å²) in [5.74, 6) is -0.0220. The molecule has 0 saturated carbocycles. The van der Waals surface area contributed by atoms with Crippen molar-refractivity contribution >= 4 is 32.9 Å². The van der Waals surface area contributed by atoms with Crippen molar-refractivity contribution in [2.24, 2.45) is 4.40 Å². The van der Waals surface area contributed by atoms with E-state index in [1.165, 1.54) is 42.8 Å². The van der Waals surface area contributed by atoms with Crippen LogP contribution in [0.3, 0.4) is 0 Å². The van der Waals surface area contributed by atoms with Crippen LogP contribution < -0.4 is 5.32 Å². The van der Waals surface area contributed by atoms with Crippen molar-refractivity contribution in [3.8, 4) is 0 Å². The summed E-state index contributed by atoms with van der Waals surface area (Å²) in [6, 6.07) is 8.51. The molecular formula is C16H16N4O6S. The Hall–Kier alpha value is -3.34. The van der Waals surface area contributed by atoms with Gasteiger partial charge in [-0.2, -0.15) is 8.42 Å². The van der Waals surface area contributed by atoms with E-state index in [-0.39, 0.29) is 27.8 Å². The summed E-state index contributed by atoms with van der Waals surface area (Å²) in [5.41, 5.74) is -0.0423. The zero-order chi connectivity index (χ0) is 20.2. The molecule has 3 rings (SSSR count). The Labute approximate surface area is 154 Å². The molecule has 0 saturated heterocycles. The summed E-state index contributed by atoms with van der Waals surface area (Å²) < 4.78 is 28.1. The topological polar surface area (TPSA) is 145 Å². The molecule has 0 spiro atoms. The first kappa shape index (κ1) is 20.0. The highest BCUT2D eigenvalue weighted by atomic mass is 32.2. The van der Waals surface area contributed by atoms with Crippen molar-refractivity contribution in [3.63, 3.8) is 0 Å². The molecule has 0 unspecified atom stereocenters. The van der Waals surface area contributed by atoms with Gasteiger partial charge in [0.15, 0.2) is 5.84 Å². The molecule has 1 aliphatic rings. The van der Waals surface area contributed by atoms with Crippen LogP contribution in [0.4, 0.5) is 17.1 Å². The Balaban J connectivity index is 0.000000817. The van der Waals surface area contributed by atoms with Crippen molar-refractivity contribution in [1.82, 2.24) is 0 Å². The predicted octanol–water partition coefficient (Wildman–Crippen LogP) is 3.48. The van der Waals surface area contributed by atoms with E-state index >= 15 is 0 Å². The molecule has 27 heavy (non-hydrogen) atoms. The smallest absolute Gasteiger partial charge is 0.286 e. The van der Waals surface area contributed by atoms with E-state index in [2.05, 4.69) is 23.6 Å². The lowest BCUT2D eigenvalue weighted by atomic mass is 10.2. The number of sulfonamides is 1. The van der Waals surface area contributed by atoms with Gasteiger partial charge in [-0.15, -0.1) is 4.40 Å². The number of nitrogens with one attached hydrogen (secondary N) is 1. The normalized spacial score (nSPS) is 13.9. The number of amidine groups is 1. The molecular weight excluding hydrogens is 376 g/mol. The summed E-state index contributed by atoms with van der Waals surface area (Å²) in [4.78, 5) is 19.8. The molecule has 1 heterocycles. The highest BCUT2D eigenvalue weighted by Gasteiger charge is 2.28. The van der Waals surface area contributed by atoms with Crippen LogP contribution in [0.5, 0.6) is 0 Å². The average Bonchev–Trinajstić information content (AvgIpc) is 2.61. The van der Waals surface area contributed by atoms with Gasteiger partial charge in [-0.1, -0.05) is 20.3 Å². The van der Waals surface area contributed by atoms with E-state index in [1.807, 2.05) is 0 Å². The molecule has 0 amide bonds. The number of nitro benzene ring substituents is 2. The average molecular weight is 392 g/mol. The monoisotopic (exact) mass is 392 g/mol. The third-order valence-electron chi connectivity index (χ3n) is 3.27. The van der Waals surface area contributed by atoms with Crippen molar-refractivity contribution in [1.29, 1.82) is 0 Å². The van der Waals surface area contributed by atoms with Gasteiger partial charge in [-0.05, 0) is 18.2 Å². The van der Waals surface area contributed by atoms with Crippen LogP contribution in [0.1, 0.15) is 25.8 Å². The van der Waals surface area contributed by atoms with Gasteiger partial charge < -0.3 is 5.32 Å². The van der Waals surface area contributed by atoms with E-state index in [4.69, 9.17) is 0 Å². The Bertz CT molecular complexity index is 1020. The standard InChI is InChI=1S/C13H8N4O6S.C3H8/c18-16(19)9-3-1-8(2-4-9)13-14-11-6-5-10(17(20)21)7-12(11)24(22,23)15-13;1-3-2/h1-7H,(H,14,15);3H2,1-2H3. The molecule has 0 aromatic heterocycles. The fourth-order valence-electron chi connectivity index (χ4n) is 2.13. The number of rotatable bonds is 3. The summed E-state index contributed by atoms with van der Waals surface area (Å²) in [5, 5.41) is 24.2. The number of hydrogen-bond donors (Lipinski definition) is 1. The highest BCUT2D eigenvalue weighted by Crippen LogP contribution is 2.31. The molecule has 11 heteroatoms. The van der Waals surface area contributed by atoms with Crippen molar-refractivity contribution in [2.45, 2.75) is 25.2 Å². The molecule has 0 atom stereocenters. The predicted molar refractivity (Wildman–Crippen MR) is 99.5 cm³/mol. The number of benzene rings is 2. The lowest BCUT2D eigenvalue weighted by Gasteiger charge is -2.17. The molecule has 2 aromatic carbocycles. The lowest BCUT2D eigenvalue weighted by Crippen LogP contribution is -2.22. The largest absolute Gasteiger partial charge is 0.338 e. The Morgan fingerprint density at radius 3 is 2.00 bits per heavy atom. The van der Waals surface area contributed by atoms with Gasteiger partial charge in [0.2, 0.25) is 0 Å². The quantitative estimate of drug-likeness (QED) is 0.621. The SMILES string of the molecule is CCC.O=[N+]([O-])c1ccc(C2=NS(=O)(=O)c3cc([N+](=O)[O-])ccc3N2)cc1. The fraction of sp³-hybridized carbons (Fsp3) is 0.188. The minimum absolute atomic E-state index is 0.0220. The summed E-state index contributed by atoms with van der Waals surface area (Å²) in [7, 11) is -4.13. The number of hydrogen-bond acceptors (Lipinski definition) is 7. The van der Waals surface area contributed by atoms with Crippen LogP contribution in [-0.2, 0) is 10.0 Å². The van der Waals surface area contributed by atoms with E-state index in [0.29, 0.717) is 5.56 Å². The Morgan fingerprint density at radius 1 is 0.963 bits per heavy atom. The van der Waals surface area contributed by atoms with Crippen LogP contribution in [-0.4, -0.2) is 24.1 Å². The first-order chi connectivity index (χ1) is 12.7. The van der Waals surface area contributed by atoms with Crippen molar-refractivity contribution in [2.75, 3.05) is 5.32 Å². The Kier molecular flexibility index (Phi) is 5.85. The second kappa shape index (κ2) is 7.91. The van der Waals surface area contributed by atoms with Gasteiger partial charge in [0.1, 0.15) is 4.90 Å². The minimum atomic E-state index is -4.13. The molecule has 1 aliphatic heterocycles. The maximum Gasteiger partial charge on any atom is 0.286 e. The van der Waals surface area contributed by atoms with Gasteiger partial charge in [0.05, 0.1) is 15.5 Å². The second-order valence-electron chi connectivity index (χ2n) is 5.49. The molecule has 1 N–H and O–H groups in total. The third-order valence-corrected chi connectivity index (χ3v) is 4.59. The molecule has 0 fully saturated rings. The lowest BCUT2D eigenvalue weighted by molar-refractivity contribution is -0.385. The van der Waals surface area contributed by atoms with Gasteiger partial charge in [0.25, 0.3) is 21.4 Å². The molecule has 0 bridgehead atoms. The zero-order valence-corrected chi connectivity index (χ0v) is 15.3.